The maximum atomic E-state index is 12.6. The molecule has 0 radical (unpaired) electrons. The first-order valence-corrected chi connectivity index (χ1v) is 7.07. The van der Waals surface area contributed by atoms with E-state index in [4.69, 9.17) is 4.74 Å². The van der Waals surface area contributed by atoms with Crippen LogP contribution in [0.25, 0.3) is 0 Å². The van der Waals surface area contributed by atoms with Crippen molar-refractivity contribution in [2.24, 2.45) is 0 Å². The molecule has 1 aliphatic rings. The summed E-state index contributed by atoms with van der Waals surface area (Å²) in [6, 6.07) is 3.75. The number of nitrogens with zero attached hydrogens (tertiary/aromatic N) is 2. The van der Waals surface area contributed by atoms with Crippen LogP contribution in [0, 0.1) is 6.92 Å². The van der Waals surface area contributed by atoms with Crippen LogP contribution in [0.1, 0.15) is 27.0 Å². The fourth-order valence-electron chi connectivity index (χ4n) is 2.24. The molecule has 5 nitrogen and oxygen atoms in total. The van der Waals surface area contributed by atoms with Crippen molar-refractivity contribution in [3.8, 4) is 0 Å². The van der Waals surface area contributed by atoms with Crippen molar-refractivity contribution in [2.75, 3.05) is 19.8 Å². The molecule has 1 aliphatic heterocycles. The van der Waals surface area contributed by atoms with Gasteiger partial charge in [-0.25, -0.2) is 0 Å². The number of aromatic nitrogens is 2. The highest BCUT2D eigenvalue weighted by Crippen LogP contribution is 2.26. The lowest BCUT2D eigenvalue weighted by Gasteiger charge is -2.34. The van der Waals surface area contributed by atoms with Gasteiger partial charge in [0.05, 0.1) is 29.8 Å². The first kappa shape index (κ1) is 12.4. The Labute approximate surface area is 115 Å². The van der Waals surface area contributed by atoms with Crippen molar-refractivity contribution < 1.29 is 9.53 Å². The van der Waals surface area contributed by atoms with Crippen LogP contribution in [-0.4, -0.2) is 40.8 Å². The average Bonchev–Trinajstić information content (AvgIpc) is 3.09. The lowest BCUT2D eigenvalue weighted by atomic mass is 10.1. The summed E-state index contributed by atoms with van der Waals surface area (Å²) in [5.74, 6) is 0.0704. The number of morpholine rings is 1. The summed E-state index contributed by atoms with van der Waals surface area (Å²) in [6.07, 6.45) is 1.70. The predicted molar refractivity (Wildman–Crippen MR) is 72.2 cm³/mol. The van der Waals surface area contributed by atoms with Gasteiger partial charge < -0.3 is 9.64 Å². The van der Waals surface area contributed by atoms with Gasteiger partial charge in [0.1, 0.15) is 0 Å². The van der Waals surface area contributed by atoms with Crippen molar-refractivity contribution in [1.29, 1.82) is 0 Å². The first-order valence-electron chi connectivity index (χ1n) is 6.19. The van der Waals surface area contributed by atoms with Crippen LogP contribution in [0.4, 0.5) is 0 Å². The summed E-state index contributed by atoms with van der Waals surface area (Å²) in [7, 11) is 0. The second kappa shape index (κ2) is 5.14. The van der Waals surface area contributed by atoms with Gasteiger partial charge in [-0.1, -0.05) is 0 Å². The van der Waals surface area contributed by atoms with Crippen LogP contribution in [0.5, 0.6) is 0 Å². The summed E-state index contributed by atoms with van der Waals surface area (Å²) >= 11 is 1.49. The number of ether oxygens (including phenoxy) is 1. The zero-order chi connectivity index (χ0) is 13.2. The van der Waals surface area contributed by atoms with Gasteiger partial charge in [-0.05, 0) is 30.0 Å². The number of carbonyl (C=O) groups is 1. The summed E-state index contributed by atoms with van der Waals surface area (Å²) in [5, 5.41) is 8.88. The van der Waals surface area contributed by atoms with Gasteiger partial charge >= 0.3 is 0 Å². The Morgan fingerprint density at radius 2 is 2.53 bits per heavy atom. The largest absolute Gasteiger partial charge is 0.377 e. The molecular formula is C13H15N3O2S. The van der Waals surface area contributed by atoms with E-state index in [0.29, 0.717) is 19.8 Å². The highest BCUT2D eigenvalue weighted by atomic mass is 32.1. The third kappa shape index (κ3) is 2.41. The summed E-state index contributed by atoms with van der Waals surface area (Å²) in [5.41, 5.74) is 2.04. The van der Waals surface area contributed by atoms with Gasteiger partial charge in [-0.3, -0.25) is 9.89 Å². The number of amides is 1. The Bertz CT molecular complexity index is 564. The molecule has 100 valence electrons. The van der Waals surface area contributed by atoms with E-state index in [1.807, 2.05) is 29.3 Å². The second-order valence-electron chi connectivity index (χ2n) is 4.59. The Balaban J connectivity index is 1.86. The number of carbonyl (C=O) groups excluding carboxylic acids is 1. The molecule has 0 aliphatic carbocycles. The molecule has 3 heterocycles. The Kier molecular flexibility index (Phi) is 3.35. The predicted octanol–water partition coefficient (Wildman–Crippen LogP) is 1.99. The molecule has 1 fully saturated rings. The van der Waals surface area contributed by atoms with Gasteiger partial charge in [0.15, 0.2) is 0 Å². The number of H-pyrrole nitrogens is 1. The molecule has 0 spiro atoms. The zero-order valence-electron chi connectivity index (χ0n) is 10.6. The minimum atomic E-state index is -0.0776. The molecule has 19 heavy (non-hydrogen) atoms. The molecule has 0 saturated carbocycles. The lowest BCUT2D eigenvalue weighted by molar-refractivity contribution is -0.00364. The number of hydrogen-bond donors (Lipinski definition) is 1. The normalized spacial score (nSPS) is 19.6. The monoisotopic (exact) mass is 277 g/mol. The van der Waals surface area contributed by atoms with E-state index in [1.165, 1.54) is 11.3 Å². The van der Waals surface area contributed by atoms with Crippen molar-refractivity contribution in [2.45, 2.75) is 13.0 Å². The molecule has 1 saturated heterocycles. The zero-order valence-corrected chi connectivity index (χ0v) is 11.4. The minimum absolute atomic E-state index is 0.0704. The van der Waals surface area contributed by atoms with Crippen LogP contribution >= 0.6 is 11.3 Å². The molecule has 2 aromatic rings. The molecular weight excluding hydrogens is 262 g/mol. The van der Waals surface area contributed by atoms with Crippen molar-refractivity contribution >= 4 is 17.2 Å². The number of rotatable bonds is 2. The maximum Gasteiger partial charge on any atom is 0.264 e. The van der Waals surface area contributed by atoms with E-state index < -0.39 is 0 Å². The minimum Gasteiger partial charge on any atom is -0.377 e. The van der Waals surface area contributed by atoms with Gasteiger partial charge in [-0.2, -0.15) is 5.10 Å². The number of aryl methyl sites for hydroxylation is 1. The van der Waals surface area contributed by atoms with Crippen LogP contribution < -0.4 is 0 Å². The number of aromatic amines is 1. The van der Waals surface area contributed by atoms with E-state index in [-0.39, 0.29) is 11.9 Å². The Morgan fingerprint density at radius 3 is 3.21 bits per heavy atom. The van der Waals surface area contributed by atoms with E-state index >= 15 is 0 Å². The van der Waals surface area contributed by atoms with E-state index in [2.05, 4.69) is 10.2 Å². The van der Waals surface area contributed by atoms with Gasteiger partial charge in [-0.15, -0.1) is 11.3 Å². The van der Waals surface area contributed by atoms with Crippen molar-refractivity contribution in [3.63, 3.8) is 0 Å². The summed E-state index contributed by atoms with van der Waals surface area (Å²) in [4.78, 5) is 15.2. The molecule has 6 heteroatoms. The molecule has 0 bridgehead atoms. The SMILES string of the molecule is Cc1csc(C(=O)N2CCOC[C@H]2c2ccn[nH]2)c1. The fourth-order valence-corrected chi connectivity index (χ4v) is 3.09. The third-order valence-corrected chi connectivity index (χ3v) is 4.25. The van der Waals surface area contributed by atoms with Crippen molar-refractivity contribution in [3.05, 3.63) is 39.8 Å². The highest BCUT2D eigenvalue weighted by molar-refractivity contribution is 7.12. The van der Waals surface area contributed by atoms with Crippen LogP contribution in [-0.2, 0) is 4.74 Å². The fraction of sp³-hybridized carbons (Fsp3) is 0.385. The highest BCUT2D eigenvalue weighted by Gasteiger charge is 2.30. The van der Waals surface area contributed by atoms with Crippen LogP contribution in [0.3, 0.4) is 0 Å². The van der Waals surface area contributed by atoms with Crippen LogP contribution in [0.15, 0.2) is 23.7 Å². The van der Waals surface area contributed by atoms with Crippen LogP contribution in [0.2, 0.25) is 0 Å². The topological polar surface area (TPSA) is 58.2 Å². The van der Waals surface area contributed by atoms with Gasteiger partial charge in [0.25, 0.3) is 5.91 Å². The molecule has 1 amide bonds. The lowest BCUT2D eigenvalue weighted by Crippen LogP contribution is -2.43. The molecule has 0 aromatic carbocycles. The molecule has 0 unspecified atom stereocenters. The quantitative estimate of drug-likeness (QED) is 0.913. The summed E-state index contributed by atoms with van der Waals surface area (Å²) in [6.45, 7) is 3.71. The van der Waals surface area contributed by atoms with E-state index in [1.54, 1.807) is 6.20 Å². The standard InChI is InChI=1S/C13H15N3O2S/c1-9-6-12(19-8-9)13(17)16-4-5-18-7-11(16)10-2-3-14-15-10/h2-3,6,8,11H,4-5,7H2,1H3,(H,14,15)/t11-/m0/s1. The number of hydrogen-bond acceptors (Lipinski definition) is 4. The van der Waals surface area contributed by atoms with E-state index in [0.717, 1.165) is 16.1 Å². The molecule has 1 N–H and O–H groups in total. The molecule has 3 rings (SSSR count). The Hall–Kier alpha value is -1.66. The van der Waals surface area contributed by atoms with Crippen molar-refractivity contribution in [1.82, 2.24) is 15.1 Å². The average molecular weight is 277 g/mol. The first-order chi connectivity index (χ1) is 9.25. The maximum absolute atomic E-state index is 12.6. The Morgan fingerprint density at radius 1 is 1.63 bits per heavy atom. The smallest absolute Gasteiger partial charge is 0.264 e. The molecule has 2 aromatic heterocycles. The van der Waals surface area contributed by atoms with Gasteiger partial charge in [0, 0.05) is 12.7 Å². The van der Waals surface area contributed by atoms with E-state index in [9.17, 15) is 4.79 Å². The number of nitrogens with one attached hydrogen (secondary N) is 1. The van der Waals surface area contributed by atoms with Gasteiger partial charge in [0.2, 0.25) is 0 Å². The molecule has 1 atom stereocenters. The number of thiophene rings is 1. The summed E-state index contributed by atoms with van der Waals surface area (Å²) < 4.78 is 5.49. The third-order valence-electron chi connectivity index (χ3n) is 3.21. The second-order valence-corrected chi connectivity index (χ2v) is 5.50.